The number of carbonyl (C=O) groups is 1. The van der Waals surface area contributed by atoms with E-state index in [4.69, 9.17) is 0 Å². The molecule has 0 fully saturated rings. The van der Waals surface area contributed by atoms with Crippen LogP contribution in [-0.2, 0) is 5.41 Å². The molecule has 0 amide bonds. The van der Waals surface area contributed by atoms with Gasteiger partial charge in [-0.15, -0.1) is 11.3 Å². The molecule has 0 aliphatic rings. The molecule has 4 nitrogen and oxygen atoms in total. The first-order valence-corrected chi connectivity index (χ1v) is 5.48. The minimum absolute atomic E-state index is 0.251. The number of hydrogen-bond acceptors (Lipinski definition) is 3. The summed E-state index contributed by atoms with van der Waals surface area (Å²) in [4.78, 5) is 16.3. The fourth-order valence-electron chi connectivity index (χ4n) is 1.51. The highest BCUT2D eigenvalue weighted by Crippen LogP contribution is 2.27. The zero-order valence-corrected chi connectivity index (χ0v) is 9.63. The van der Waals surface area contributed by atoms with Gasteiger partial charge in [0, 0.05) is 17.0 Å². The summed E-state index contributed by atoms with van der Waals surface area (Å²) in [6.45, 7) is 5.89. The summed E-state index contributed by atoms with van der Waals surface area (Å²) in [6.07, 6.45) is 1.74. The molecule has 0 saturated carbocycles. The van der Waals surface area contributed by atoms with E-state index in [1.807, 2.05) is 26.2 Å². The lowest BCUT2D eigenvalue weighted by Crippen LogP contribution is -2.17. The number of hydrogen-bond donors (Lipinski definition) is 1. The summed E-state index contributed by atoms with van der Waals surface area (Å²) in [6, 6.07) is 0. The Hall–Kier alpha value is -1.36. The molecule has 0 atom stereocenters. The van der Waals surface area contributed by atoms with Gasteiger partial charge >= 0.3 is 5.97 Å². The van der Waals surface area contributed by atoms with Crippen LogP contribution in [0.3, 0.4) is 0 Å². The predicted octanol–water partition coefficient (Wildman–Crippen LogP) is 2.39. The van der Waals surface area contributed by atoms with Crippen LogP contribution in [0, 0.1) is 0 Å². The third-order valence-corrected chi connectivity index (χ3v) is 2.93. The average molecular weight is 224 g/mol. The van der Waals surface area contributed by atoms with Crippen LogP contribution >= 0.6 is 11.3 Å². The molecule has 2 rings (SSSR count). The lowest BCUT2D eigenvalue weighted by molar-refractivity contribution is 0.0686. The standard InChI is InChI=1S/C10H12N2O2S/c1-10(2,3)7-6(8(13)14)12-4-5-15-9(12)11-7/h4-5H,1-3H3,(H,13,14). The molecule has 2 heterocycles. The summed E-state index contributed by atoms with van der Waals surface area (Å²) >= 11 is 1.44. The number of carboxylic acid groups (broad SMARTS) is 1. The van der Waals surface area contributed by atoms with Crippen LogP contribution in [0.15, 0.2) is 11.6 Å². The minimum Gasteiger partial charge on any atom is -0.477 e. The van der Waals surface area contributed by atoms with Crippen LogP contribution in [0.25, 0.3) is 4.96 Å². The minimum atomic E-state index is -0.925. The second-order valence-electron chi connectivity index (χ2n) is 4.42. The highest BCUT2D eigenvalue weighted by molar-refractivity contribution is 7.15. The second kappa shape index (κ2) is 3.06. The smallest absolute Gasteiger partial charge is 0.354 e. The number of aromatic nitrogens is 2. The molecule has 2 aromatic rings. The average Bonchev–Trinajstić information content (AvgIpc) is 2.56. The first kappa shape index (κ1) is 10.2. The van der Waals surface area contributed by atoms with Crippen molar-refractivity contribution in [2.24, 2.45) is 0 Å². The molecule has 2 aromatic heterocycles. The second-order valence-corrected chi connectivity index (χ2v) is 5.29. The van der Waals surface area contributed by atoms with Crippen molar-refractivity contribution in [3.05, 3.63) is 23.0 Å². The van der Waals surface area contributed by atoms with E-state index in [1.54, 1.807) is 10.6 Å². The lowest BCUT2D eigenvalue weighted by Gasteiger charge is -2.16. The monoisotopic (exact) mass is 224 g/mol. The zero-order chi connectivity index (χ0) is 11.2. The van der Waals surface area contributed by atoms with Crippen LogP contribution in [-0.4, -0.2) is 20.5 Å². The van der Waals surface area contributed by atoms with Gasteiger partial charge in [0.15, 0.2) is 10.7 Å². The van der Waals surface area contributed by atoms with Crippen molar-refractivity contribution < 1.29 is 9.90 Å². The fourth-order valence-corrected chi connectivity index (χ4v) is 2.23. The summed E-state index contributed by atoms with van der Waals surface area (Å²) in [5, 5.41) is 11.0. The zero-order valence-electron chi connectivity index (χ0n) is 8.81. The molecule has 1 N–H and O–H groups in total. The summed E-state index contributed by atoms with van der Waals surface area (Å²) in [7, 11) is 0. The van der Waals surface area contributed by atoms with Crippen LogP contribution < -0.4 is 0 Å². The molecule has 0 unspecified atom stereocenters. The molecule has 15 heavy (non-hydrogen) atoms. The van der Waals surface area contributed by atoms with Crippen LogP contribution in [0.1, 0.15) is 37.0 Å². The molecule has 0 bridgehead atoms. The van der Waals surface area contributed by atoms with Crippen molar-refractivity contribution in [3.8, 4) is 0 Å². The largest absolute Gasteiger partial charge is 0.477 e. The predicted molar refractivity (Wildman–Crippen MR) is 58.7 cm³/mol. The van der Waals surface area contributed by atoms with Gasteiger partial charge < -0.3 is 5.11 Å². The number of imidazole rings is 1. The van der Waals surface area contributed by atoms with E-state index in [0.717, 1.165) is 4.96 Å². The molecule has 0 aromatic carbocycles. The van der Waals surface area contributed by atoms with Crippen LogP contribution in [0.5, 0.6) is 0 Å². The molecule has 80 valence electrons. The Morgan fingerprint density at radius 1 is 1.53 bits per heavy atom. The Morgan fingerprint density at radius 3 is 2.73 bits per heavy atom. The van der Waals surface area contributed by atoms with Crippen molar-refractivity contribution in [1.29, 1.82) is 0 Å². The molecular weight excluding hydrogens is 212 g/mol. The Bertz CT molecular complexity index is 519. The first-order valence-electron chi connectivity index (χ1n) is 4.60. The Balaban J connectivity index is 2.79. The SMILES string of the molecule is CC(C)(C)c1nc2sccn2c1C(=O)O. The Kier molecular flexibility index (Phi) is 2.08. The number of aromatic carboxylic acids is 1. The maximum Gasteiger partial charge on any atom is 0.354 e. The maximum atomic E-state index is 11.2. The van der Waals surface area contributed by atoms with E-state index in [2.05, 4.69) is 4.98 Å². The van der Waals surface area contributed by atoms with Crippen molar-refractivity contribution in [2.45, 2.75) is 26.2 Å². The summed E-state index contributed by atoms with van der Waals surface area (Å²) < 4.78 is 1.63. The number of rotatable bonds is 1. The molecule has 0 saturated heterocycles. The third kappa shape index (κ3) is 1.52. The highest BCUT2D eigenvalue weighted by Gasteiger charge is 2.27. The van der Waals surface area contributed by atoms with Crippen molar-refractivity contribution >= 4 is 22.3 Å². The van der Waals surface area contributed by atoms with Crippen molar-refractivity contribution in [2.75, 3.05) is 0 Å². The molecule has 0 aliphatic carbocycles. The number of nitrogens with zero attached hydrogens (tertiary/aromatic N) is 2. The molecule has 5 heteroatoms. The van der Waals surface area contributed by atoms with E-state index in [9.17, 15) is 9.90 Å². The van der Waals surface area contributed by atoms with Gasteiger partial charge in [-0.1, -0.05) is 20.8 Å². The van der Waals surface area contributed by atoms with Gasteiger partial charge in [0.05, 0.1) is 5.69 Å². The van der Waals surface area contributed by atoms with E-state index < -0.39 is 5.97 Å². The van der Waals surface area contributed by atoms with Gasteiger partial charge in [-0.25, -0.2) is 9.78 Å². The Labute approximate surface area is 91.2 Å². The van der Waals surface area contributed by atoms with Gasteiger partial charge in [-0.05, 0) is 0 Å². The number of fused-ring (bicyclic) bond motifs is 1. The number of thiazole rings is 1. The highest BCUT2D eigenvalue weighted by atomic mass is 32.1. The van der Waals surface area contributed by atoms with Gasteiger partial charge in [0.1, 0.15) is 0 Å². The van der Waals surface area contributed by atoms with E-state index in [0.29, 0.717) is 5.69 Å². The summed E-state index contributed by atoms with van der Waals surface area (Å²) in [5.41, 5.74) is 0.667. The summed E-state index contributed by atoms with van der Waals surface area (Å²) in [5.74, 6) is -0.925. The van der Waals surface area contributed by atoms with Crippen molar-refractivity contribution in [3.63, 3.8) is 0 Å². The van der Waals surface area contributed by atoms with Crippen LogP contribution in [0.4, 0.5) is 0 Å². The van der Waals surface area contributed by atoms with Crippen LogP contribution in [0.2, 0.25) is 0 Å². The molecule has 0 aliphatic heterocycles. The normalized spacial score (nSPS) is 12.2. The van der Waals surface area contributed by atoms with Gasteiger partial charge in [0.2, 0.25) is 0 Å². The van der Waals surface area contributed by atoms with E-state index >= 15 is 0 Å². The lowest BCUT2D eigenvalue weighted by atomic mass is 9.91. The van der Waals surface area contributed by atoms with Crippen molar-refractivity contribution in [1.82, 2.24) is 9.38 Å². The number of carboxylic acids is 1. The Morgan fingerprint density at radius 2 is 2.20 bits per heavy atom. The molecular formula is C10H12N2O2S. The quantitative estimate of drug-likeness (QED) is 0.809. The van der Waals surface area contributed by atoms with Gasteiger partial charge in [-0.2, -0.15) is 0 Å². The van der Waals surface area contributed by atoms with Gasteiger partial charge in [0.25, 0.3) is 0 Å². The fraction of sp³-hybridized carbons (Fsp3) is 0.400. The topological polar surface area (TPSA) is 54.6 Å². The van der Waals surface area contributed by atoms with Gasteiger partial charge in [-0.3, -0.25) is 4.40 Å². The molecule has 0 radical (unpaired) electrons. The maximum absolute atomic E-state index is 11.2. The third-order valence-electron chi connectivity index (χ3n) is 2.18. The van der Waals surface area contributed by atoms with E-state index in [-0.39, 0.29) is 11.1 Å². The first-order chi connectivity index (χ1) is 6.91. The molecule has 0 spiro atoms. The van der Waals surface area contributed by atoms with E-state index in [1.165, 1.54) is 11.3 Å².